The van der Waals surface area contributed by atoms with E-state index in [9.17, 15) is 9.59 Å². The highest BCUT2D eigenvalue weighted by Gasteiger charge is 2.36. The quantitative estimate of drug-likeness (QED) is 0.787. The van der Waals surface area contributed by atoms with Crippen molar-refractivity contribution in [3.63, 3.8) is 0 Å². The Morgan fingerprint density at radius 3 is 2.58 bits per heavy atom. The predicted octanol–water partition coefficient (Wildman–Crippen LogP) is 3.35. The second-order valence-corrected chi connectivity index (χ2v) is 6.84. The molecule has 7 heteroatoms. The third kappa shape index (κ3) is 3.75. The number of hydrogen-bond acceptors (Lipinski definition) is 4. The van der Waals surface area contributed by atoms with Gasteiger partial charge in [-0.05, 0) is 43.7 Å². The number of nitrogens with one attached hydrogen (secondary N) is 2. The summed E-state index contributed by atoms with van der Waals surface area (Å²) in [6, 6.07) is 12.3. The molecule has 2 aromatic carbocycles. The summed E-state index contributed by atoms with van der Waals surface area (Å²) in [4.78, 5) is 25.1. The molecule has 0 saturated heterocycles. The number of amides is 2. The van der Waals surface area contributed by atoms with Crippen molar-refractivity contribution in [1.82, 2.24) is 5.32 Å². The van der Waals surface area contributed by atoms with Crippen molar-refractivity contribution in [1.29, 1.82) is 0 Å². The molecule has 3 rings (SSSR count). The number of anilines is 1. The highest BCUT2D eigenvalue weighted by Crippen LogP contribution is 2.32. The monoisotopic (exact) mass is 374 g/mol. The topological polar surface area (TPSA) is 76.7 Å². The number of ether oxygens (including phenoxy) is 2. The first kappa shape index (κ1) is 18.1. The summed E-state index contributed by atoms with van der Waals surface area (Å²) in [5.74, 6) is 0.500. The summed E-state index contributed by atoms with van der Waals surface area (Å²) in [5.41, 5.74) is 0.0518. The number of carbonyl (C=O) groups is 2. The van der Waals surface area contributed by atoms with Gasteiger partial charge in [0.2, 0.25) is 18.6 Å². The Morgan fingerprint density at radius 1 is 1.08 bits per heavy atom. The van der Waals surface area contributed by atoms with Crippen LogP contribution in [0.5, 0.6) is 11.5 Å². The molecule has 6 nitrogen and oxygen atoms in total. The van der Waals surface area contributed by atoms with Gasteiger partial charge in [0.15, 0.2) is 11.5 Å². The Bertz CT molecular complexity index is 851. The zero-order valence-corrected chi connectivity index (χ0v) is 15.2. The van der Waals surface area contributed by atoms with Gasteiger partial charge in [0.25, 0.3) is 0 Å². The minimum Gasteiger partial charge on any atom is -0.454 e. The number of rotatable bonds is 5. The van der Waals surface area contributed by atoms with Crippen LogP contribution in [-0.2, 0) is 16.1 Å². The molecule has 2 N–H and O–H groups in total. The molecule has 2 aromatic rings. The average molecular weight is 375 g/mol. The van der Waals surface area contributed by atoms with E-state index >= 15 is 0 Å². The van der Waals surface area contributed by atoms with E-state index in [0.29, 0.717) is 22.2 Å². The molecule has 0 fully saturated rings. The van der Waals surface area contributed by atoms with Gasteiger partial charge in [0, 0.05) is 6.54 Å². The largest absolute Gasteiger partial charge is 0.454 e. The van der Waals surface area contributed by atoms with Gasteiger partial charge in [-0.15, -0.1) is 0 Å². The van der Waals surface area contributed by atoms with Gasteiger partial charge in [-0.3, -0.25) is 9.59 Å². The van der Waals surface area contributed by atoms with Gasteiger partial charge in [-0.2, -0.15) is 0 Å². The van der Waals surface area contributed by atoms with E-state index in [0.717, 1.165) is 5.56 Å². The number of benzene rings is 2. The number of para-hydroxylation sites is 1. The van der Waals surface area contributed by atoms with Gasteiger partial charge in [0.05, 0.1) is 10.7 Å². The van der Waals surface area contributed by atoms with E-state index in [1.165, 1.54) is 0 Å². The third-order valence-corrected chi connectivity index (χ3v) is 4.48. The van der Waals surface area contributed by atoms with Crippen LogP contribution in [0.3, 0.4) is 0 Å². The maximum atomic E-state index is 12.5. The molecule has 136 valence electrons. The molecule has 0 saturated carbocycles. The van der Waals surface area contributed by atoms with Crippen LogP contribution in [0.2, 0.25) is 5.02 Å². The fourth-order valence-electron chi connectivity index (χ4n) is 2.40. The lowest BCUT2D eigenvalue weighted by molar-refractivity contribution is -0.138. The molecule has 0 spiro atoms. The second kappa shape index (κ2) is 7.25. The first-order valence-corrected chi connectivity index (χ1v) is 8.48. The maximum absolute atomic E-state index is 12.5. The summed E-state index contributed by atoms with van der Waals surface area (Å²) >= 11 is 6.05. The van der Waals surface area contributed by atoms with Crippen molar-refractivity contribution in [3.05, 3.63) is 53.1 Å². The molecule has 0 aliphatic carbocycles. The van der Waals surface area contributed by atoms with E-state index < -0.39 is 11.3 Å². The van der Waals surface area contributed by atoms with Crippen molar-refractivity contribution < 1.29 is 19.1 Å². The van der Waals surface area contributed by atoms with Crippen LogP contribution in [0, 0.1) is 5.41 Å². The van der Waals surface area contributed by atoms with Gasteiger partial charge in [-0.25, -0.2) is 0 Å². The van der Waals surface area contributed by atoms with Gasteiger partial charge in [0.1, 0.15) is 5.41 Å². The smallest absolute Gasteiger partial charge is 0.239 e. The summed E-state index contributed by atoms with van der Waals surface area (Å²) in [6.07, 6.45) is 0. The van der Waals surface area contributed by atoms with Crippen LogP contribution in [-0.4, -0.2) is 18.6 Å². The number of fused-ring (bicyclic) bond motifs is 1. The van der Waals surface area contributed by atoms with Crippen LogP contribution in [0.4, 0.5) is 5.69 Å². The van der Waals surface area contributed by atoms with E-state index in [1.54, 1.807) is 50.2 Å². The zero-order chi connectivity index (χ0) is 18.7. The summed E-state index contributed by atoms with van der Waals surface area (Å²) in [7, 11) is 0. The summed E-state index contributed by atoms with van der Waals surface area (Å²) in [5, 5.41) is 5.89. The van der Waals surface area contributed by atoms with E-state index in [-0.39, 0.29) is 19.2 Å². The van der Waals surface area contributed by atoms with Crippen LogP contribution >= 0.6 is 11.6 Å². The normalized spacial score (nSPS) is 12.6. The van der Waals surface area contributed by atoms with Crippen LogP contribution < -0.4 is 20.1 Å². The minimum absolute atomic E-state index is 0.195. The minimum atomic E-state index is -1.27. The first-order valence-electron chi connectivity index (χ1n) is 8.11. The Morgan fingerprint density at radius 2 is 1.81 bits per heavy atom. The lowest BCUT2D eigenvalue weighted by Crippen LogP contribution is -2.44. The Kier molecular flexibility index (Phi) is 5.04. The molecule has 1 aliphatic heterocycles. The molecular formula is C19H19ClN2O4. The van der Waals surface area contributed by atoms with Crippen molar-refractivity contribution in [2.75, 3.05) is 12.1 Å². The molecular weight excluding hydrogens is 356 g/mol. The van der Waals surface area contributed by atoms with Crippen LogP contribution in [0.1, 0.15) is 19.4 Å². The van der Waals surface area contributed by atoms with Crippen molar-refractivity contribution in [2.45, 2.75) is 20.4 Å². The molecule has 1 aliphatic rings. The Balaban J connectivity index is 1.62. The number of hydrogen-bond donors (Lipinski definition) is 2. The molecule has 0 bridgehead atoms. The van der Waals surface area contributed by atoms with Crippen molar-refractivity contribution >= 4 is 29.1 Å². The first-order chi connectivity index (χ1) is 12.4. The summed E-state index contributed by atoms with van der Waals surface area (Å²) < 4.78 is 10.6. The fourth-order valence-corrected chi connectivity index (χ4v) is 2.58. The average Bonchev–Trinajstić information content (AvgIpc) is 3.09. The Hall–Kier alpha value is -2.73. The fraction of sp³-hybridized carbons (Fsp3) is 0.263. The SMILES string of the molecule is CC(C)(C(=O)NCc1ccc2c(c1)OCO2)C(=O)Nc1ccccc1Cl. The van der Waals surface area contributed by atoms with E-state index in [2.05, 4.69) is 10.6 Å². The molecule has 0 radical (unpaired) electrons. The lowest BCUT2D eigenvalue weighted by atomic mass is 9.90. The standard InChI is InChI=1S/C19H19ClN2O4/c1-19(2,18(24)22-14-6-4-3-5-13(14)20)17(23)21-10-12-7-8-15-16(9-12)26-11-25-15/h3-9H,10-11H2,1-2H3,(H,21,23)(H,22,24). The predicted molar refractivity (Wildman–Crippen MR) is 98.3 cm³/mol. The van der Waals surface area contributed by atoms with Gasteiger partial charge < -0.3 is 20.1 Å². The molecule has 2 amide bonds. The van der Waals surface area contributed by atoms with Gasteiger partial charge >= 0.3 is 0 Å². The lowest BCUT2D eigenvalue weighted by Gasteiger charge is -2.23. The summed E-state index contributed by atoms with van der Waals surface area (Å²) in [6.45, 7) is 3.60. The molecule has 0 atom stereocenters. The highest BCUT2D eigenvalue weighted by atomic mass is 35.5. The molecule has 26 heavy (non-hydrogen) atoms. The van der Waals surface area contributed by atoms with Gasteiger partial charge in [-0.1, -0.05) is 29.8 Å². The van der Waals surface area contributed by atoms with E-state index in [4.69, 9.17) is 21.1 Å². The molecule has 1 heterocycles. The van der Waals surface area contributed by atoms with Crippen LogP contribution in [0.15, 0.2) is 42.5 Å². The zero-order valence-electron chi connectivity index (χ0n) is 14.5. The number of halogens is 1. The van der Waals surface area contributed by atoms with Crippen molar-refractivity contribution in [2.24, 2.45) is 5.41 Å². The van der Waals surface area contributed by atoms with Crippen molar-refractivity contribution in [3.8, 4) is 11.5 Å². The van der Waals surface area contributed by atoms with E-state index in [1.807, 2.05) is 6.07 Å². The second-order valence-electron chi connectivity index (χ2n) is 6.43. The highest BCUT2D eigenvalue weighted by molar-refractivity contribution is 6.33. The van der Waals surface area contributed by atoms with Crippen LogP contribution in [0.25, 0.3) is 0 Å². The third-order valence-electron chi connectivity index (χ3n) is 4.15. The maximum Gasteiger partial charge on any atom is 0.239 e. The Labute approximate surface area is 156 Å². The molecule has 0 unspecified atom stereocenters. The molecule has 0 aromatic heterocycles. The number of carbonyl (C=O) groups excluding carboxylic acids is 2.